The van der Waals surface area contributed by atoms with E-state index in [2.05, 4.69) is 0 Å². The van der Waals surface area contributed by atoms with Gasteiger partial charge in [0.25, 0.3) is 5.91 Å². The first-order valence-corrected chi connectivity index (χ1v) is 11.9. The van der Waals surface area contributed by atoms with Gasteiger partial charge in [-0.1, -0.05) is 19.1 Å². The van der Waals surface area contributed by atoms with Crippen LogP contribution in [0.5, 0.6) is 0 Å². The maximum Gasteiger partial charge on any atom is 0.256 e. The summed E-state index contributed by atoms with van der Waals surface area (Å²) >= 11 is 0. The molecule has 0 unspecified atom stereocenters. The van der Waals surface area contributed by atoms with Crippen LogP contribution in [0.3, 0.4) is 0 Å². The lowest BCUT2D eigenvalue weighted by Gasteiger charge is -2.33. The molecule has 2 aromatic carbocycles. The Bertz CT molecular complexity index is 1030. The minimum Gasteiger partial charge on any atom is -0.395 e. The highest BCUT2D eigenvalue weighted by molar-refractivity contribution is 7.89. The summed E-state index contributed by atoms with van der Waals surface area (Å²) in [5.74, 6) is -2.13. The maximum atomic E-state index is 14.0. The molecular formula is C23H30F2N2O5S. The number of carbonyl (C=O) groups excluding carboxylic acids is 1. The van der Waals surface area contributed by atoms with Gasteiger partial charge in [0.1, 0.15) is 11.6 Å². The predicted molar refractivity (Wildman–Crippen MR) is 120 cm³/mol. The number of ether oxygens (including phenoxy) is 1. The van der Waals surface area contributed by atoms with Crippen LogP contribution >= 0.6 is 0 Å². The van der Waals surface area contributed by atoms with Gasteiger partial charge in [-0.2, -0.15) is 4.31 Å². The molecule has 7 nitrogen and oxygen atoms in total. The highest BCUT2D eigenvalue weighted by Gasteiger charge is 2.33. The Morgan fingerprint density at radius 2 is 1.67 bits per heavy atom. The molecule has 0 saturated heterocycles. The van der Waals surface area contributed by atoms with Crippen LogP contribution in [0.25, 0.3) is 0 Å². The molecule has 33 heavy (non-hydrogen) atoms. The number of hydrogen-bond donors (Lipinski definition) is 1. The van der Waals surface area contributed by atoms with E-state index in [1.165, 1.54) is 49.4 Å². The van der Waals surface area contributed by atoms with Crippen LogP contribution in [0, 0.1) is 17.6 Å². The van der Waals surface area contributed by atoms with Crippen molar-refractivity contribution in [2.24, 2.45) is 5.92 Å². The van der Waals surface area contributed by atoms with E-state index in [1.54, 1.807) is 19.9 Å². The molecule has 0 spiro atoms. The van der Waals surface area contributed by atoms with E-state index in [-0.39, 0.29) is 23.5 Å². The molecule has 0 aliphatic heterocycles. The van der Waals surface area contributed by atoms with Crippen molar-refractivity contribution in [2.45, 2.75) is 30.9 Å². The van der Waals surface area contributed by atoms with Gasteiger partial charge in [0, 0.05) is 33.3 Å². The van der Waals surface area contributed by atoms with Crippen LogP contribution in [0.15, 0.2) is 53.4 Å². The van der Waals surface area contributed by atoms with E-state index in [0.717, 1.165) is 16.4 Å². The van der Waals surface area contributed by atoms with E-state index in [1.807, 2.05) is 0 Å². The van der Waals surface area contributed by atoms with Crippen molar-refractivity contribution in [3.05, 3.63) is 65.7 Å². The van der Waals surface area contributed by atoms with Crippen molar-refractivity contribution in [3.63, 3.8) is 0 Å². The summed E-state index contributed by atoms with van der Waals surface area (Å²) in [6.45, 7) is 2.96. The fourth-order valence-corrected chi connectivity index (χ4v) is 5.15. The van der Waals surface area contributed by atoms with Gasteiger partial charge in [-0.3, -0.25) is 4.79 Å². The van der Waals surface area contributed by atoms with E-state index < -0.39 is 52.2 Å². The summed E-state index contributed by atoms with van der Waals surface area (Å²) in [4.78, 5) is 13.9. The van der Waals surface area contributed by atoms with Gasteiger partial charge in [0.05, 0.1) is 23.2 Å². The van der Waals surface area contributed by atoms with Gasteiger partial charge in [0.15, 0.2) is 0 Å². The highest BCUT2D eigenvalue weighted by Crippen LogP contribution is 2.22. The number of nitrogens with zero attached hydrogens (tertiary/aromatic N) is 2. The molecule has 0 heterocycles. The molecule has 3 atom stereocenters. The van der Waals surface area contributed by atoms with Crippen LogP contribution in [-0.2, 0) is 14.8 Å². The number of methoxy groups -OCH3 is 1. The molecule has 182 valence electrons. The Labute approximate surface area is 193 Å². The standard InChI is InChI=1S/C23H30F2N2O5S/c1-16(22(32-4)14-26(3)23(29)20-7-5-6-8-21(20)25)13-27(17(2)15-28)33(30,31)19-11-9-18(24)10-12-19/h5-12,16-17,22,28H,13-15H2,1-4H3/t16-,17+,22-/m0/s1. The van der Waals surface area contributed by atoms with Crippen LogP contribution in [0.2, 0.25) is 0 Å². The van der Waals surface area contributed by atoms with E-state index in [0.29, 0.717) is 0 Å². The summed E-state index contributed by atoms with van der Waals surface area (Å²) < 4.78 is 60.3. The zero-order valence-electron chi connectivity index (χ0n) is 19.1. The SMILES string of the molecule is CO[C@@H](CN(C)C(=O)c1ccccc1F)[C@@H](C)CN([C@H](C)CO)S(=O)(=O)c1ccc(F)cc1. The van der Waals surface area contributed by atoms with Crippen molar-refractivity contribution < 1.29 is 31.8 Å². The lowest BCUT2D eigenvalue weighted by Crippen LogP contribution is -2.47. The summed E-state index contributed by atoms with van der Waals surface area (Å²) in [6.07, 6.45) is -0.581. The second-order valence-corrected chi connectivity index (χ2v) is 9.87. The third kappa shape index (κ3) is 6.57. The zero-order chi connectivity index (χ0) is 24.8. The second kappa shape index (κ2) is 11.6. The van der Waals surface area contributed by atoms with Crippen molar-refractivity contribution in [3.8, 4) is 0 Å². The molecule has 0 aliphatic carbocycles. The van der Waals surface area contributed by atoms with Crippen LogP contribution in [0.1, 0.15) is 24.2 Å². The van der Waals surface area contributed by atoms with Crippen molar-refractivity contribution >= 4 is 15.9 Å². The van der Waals surface area contributed by atoms with Gasteiger partial charge in [-0.05, 0) is 49.2 Å². The third-order valence-electron chi connectivity index (χ3n) is 5.49. The number of aliphatic hydroxyl groups is 1. The molecule has 1 N–H and O–H groups in total. The molecule has 2 aromatic rings. The van der Waals surface area contributed by atoms with Crippen molar-refractivity contribution in [1.29, 1.82) is 0 Å². The Morgan fingerprint density at radius 1 is 1.06 bits per heavy atom. The van der Waals surface area contributed by atoms with E-state index in [4.69, 9.17) is 4.74 Å². The number of benzene rings is 2. The van der Waals surface area contributed by atoms with Gasteiger partial charge < -0.3 is 14.7 Å². The fourth-order valence-electron chi connectivity index (χ4n) is 3.43. The molecule has 10 heteroatoms. The predicted octanol–water partition coefficient (Wildman–Crippen LogP) is 2.76. The molecular weight excluding hydrogens is 454 g/mol. The number of aliphatic hydroxyl groups excluding tert-OH is 1. The Hall–Kier alpha value is -2.40. The minimum absolute atomic E-state index is 0.0261. The maximum absolute atomic E-state index is 14.0. The number of hydrogen-bond acceptors (Lipinski definition) is 5. The third-order valence-corrected chi connectivity index (χ3v) is 7.48. The topological polar surface area (TPSA) is 87.2 Å². The number of carbonyl (C=O) groups is 1. The van der Waals surface area contributed by atoms with Gasteiger partial charge in [-0.15, -0.1) is 0 Å². The monoisotopic (exact) mass is 484 g/mol. The van der Waals surface area contributed by atoms with Gasteiger partial charge in [-0.25, -0.2) is 17.2 Å². The normalized spacial score (nSPS) is 14.7. The molecule has 1 amide bonds. The first-order valence-electron chi connectivity index (χ1n) is 10.4. The largest absolute Gasteiger partial charge is 0.395 e. The summed E-state index contributed by atoms with van der Waals surface area (Å²) in [6, 6.07) is 9.34. The first kappa shape index (κ1) is 26.8. The number of amides is 1. The van der Waals surface area contributed by atoms with E-state index >= 15 is 0 Å². The smallest absolute Gasteiger partial charge is 0.256 e. The molecule has 0 fully saturated rings. The Balaban J connectivity index is 2.21. The fraction of sp³-hybridized carbons (Fsp3) is 0.435. The van der Waals surface area contributed by atoms with Crippen LogP contribution in [0.4, 0.5) is 8.78 Å². The summed E-state index contributed by atoms with van der Waals surface area (Å²) in [7, 11) is -1.09. The molecule has 0 saturated carbocycles. The zero-order valence-corrected chi connectivity index (χ0v) is 19.9. The molecule has 0 radical (unpaired) electrons. The number of likely N-dealkylation sites (N-methyl/N-ethyl adjacent to an activating group) is 1. The summed E-state index contributed by atoms with van der Waals surface area (Å²) in [5.41, 5.74) is -0.0723. The van der Waals surface area contributed by atoms with Crippen molar-refractivity contribution in [2.75, 3.05) is 33.9 Å². The molecule has 0 aromatic heterocycles. The van der Waals surface area contributed by atoms with Gasteiger partial charge >= 0.3 is 0 Å². The number of rotatable bonds is 11. The molecule has 2 rings (SSSR count). The average molecular weight is 485 g/mol. The molecule has 0 bridgehead atoms. The Kier molecular flexibility index (Phi) is 9.47. The average Bonchev–Trinajstić information content (AvgIpc) is 2.80. The number of sulfonamides is 1. The second-order valence-electron chi connectivity index (χ2n) is 7.98. The lowest BCUT2D eigenvalue weighted by atomic mass is 10.0. The first-order chi connectivity index (χ1) is 15.5. The van der Waals surface area contributed by atoms with Gasteiger partial charge in [0.2, 0.25) is 10.0 Å². The quantitative estimate of drug-likeness (QED) is 0.530. The van der Waals surface area contributed by atoms with Crippen LogP contribution in [-0.4, -0.2) is 74.6 Å². The highest BCUT2D eigenvalue weighted by atomic mass is 32.2. The summed E-state index contributed by atoms with van der Waals surface area (Å²) in [5, 5.41) is 9.65. The van der Waals surface area contributed by atoms with Crippen molar-refractivity contribution in [1.82, 2.24) is 9.21 Å². The Morgan fingerprint density at radius 3 is 2.21 bits per heavy atom. The van der Waals surface area contributed by atoms with E-state index in [9.17, 15) is 27.1 Å². The van der Waals surface area contributed by atoms with Crippen LogP contribution < -0.4 is 0 Å². The number of halogens is 2. The lowest BCUT2D eigenvalue weighted by molar-refractivity contribution is 0.0220. The molecule has 0 aliphatic rings. The minimum atomic E-state index is -4.04.